The van der Waals surface area contributed by atoms with Crippen LogP contribution in [-0.2, 0) is 14.3 Å². The maximum atomic E-state index is 12.6. The highest BCUT2D eigenvalue weighted by atomic mass is 16.6. The topological polar surface area (TPSA) is 86.5 Å². The Bertz CT molecular complexity index is 822. The van der Waals surface area contributed by atoms with Crippen molar-refractivity contribution in [1.82, 2.24) is 0 Å². The SMILES string of the molecule is O=C1CCCC2=C1C(c1ccccc1[N+](=O)[O-])C1=C(CCCC1=O)O2. The predicted molar refractivity (Wildman–Crippen MR) is 88.7 cm³/mol. The molecule has 0 spiro atoms. The minimum Gasteiger partial charge on any atom is -0.465 e. The summed E-state index contributed by atoms with van der Waals surface area (Å²) in [4.78, 5) is 36.3. The van der Waals surface area contributed by atoms with Gasteiger partial charge in [0.15, 0.2) is 11.6 Å². The average molecular weight is 339 g/mol. The van der Waals surface area contributed by atoms with Gasteiger partial charge in [-0.25, -0.2) is 0 Å². The second-order valence-corrected chi connectivity index (χ2v) is 6.58. The second-order valence-electron chi connectivity index (χ2n) is 6.58. The van der Waals surface area contributed by atoms with Crippen LogP contribution in [0.15, 0.2) is 46.9 Å². The number of rotatable bonds is 2. The van der Waals surface area contributed by atoms with E-state index in [0.29, 0.717) is 66.8 Å². The fourth-order valence-electron chi connectivity index (χ4n) is 4.03. The molecule has 3 aliphatic rings. The first-order valence-electron chi connectivity index (χ1n) is 8.51. The molecule has 2 aliphatic carbocycles. The molecule has 1 heterocycles. The summed E-state index contributed by atoms with van der Waals surface area (Å²) in [6.07, 6.45) is 3.44. The van der Waals surface area contributed by atoms with Crippen LogP contribution in [0.5, 0.6) is 0 Å². The molecule has 25 heavy (non-hydrogen) atoms. The number of carbonyl (C=O) groups excluding carboxylic acids is 2. The van der Waals surface area contributed by atoms with Crippen molar-refractivity contribution in [1.29, 1.82) is 0 Å². The van der Waals surface area contributed by atoms with Gasteiger partial charge in [-0.15, -0.1) is 0 Å². The van der Waals surface area contributed by atoms with E-state index in [9.17, 15) is 19.7 Å². The predicted octanol–water partition coefficient (Wildman–Crippen LogP) is 3.72. The summed E-state index contributed by atoms with van der Waals surface area (Å²) in [5, 5.41) is 11.5. The van der Waals surface area contributed by atoms with Gasteiger partial charge in [0.25, 0.3) is 5.69 Å². The van der Waals surface area contributed by atoms with Gasteiger partial charge in [-0.2, -0.15) is 0 Å². The molecule has 4 rings (SSSR count). The second kappa shape index (κ2) is 5.95. The third-order valence-electron chi connectivity index (χ3n) is 5.09. The molecule has 6 nitrogen and oxygen atoms in total. The maximum Gasteiger partial charge on any atom is 0.273 e. The maximum absolute atomic E-state index is 12.6. The van der Waals surface area contributed by atoms with E-state index in [0.717, 1.165) is 0 Å². The number of allylic oxidation sites excluding steroid dienone is 4. The Morgan fingerprint density at radius 3 is 2.04 bits per heavy atom. The number of hydrogen-bond acceptors (Lipinski definition) is 5. The number of ether oxygens (including phenoxy) is 1. The Balaban J connectivity index is 1.97. The molecule has 0 radical (unpaired) electrons. The zero-order valence-corrected chi connectivity index (χ0v) is 13.6. The van der Waals surface area contributed by atoms with Crippen LogP contribution in [0.3, 0.4) is 0 Å². The molecule has 0 saturated heterocycles. The van der Waals surface area contributed by atoms with Gasteiger partial charge in [-0.05, 0) is 12.8 Å². The number of hydrogen-bond donors (Lipinski definition) is 0. The highest BCUT2D eigenvalue weighted by Crippen LogP contribution is 2.49. The Kier molecular flexibility index (Phi) is 3.75. The van der Waals surface area contributed by atoms with Gasteiger partial charge in [0, 0.05) is 48.5 Å². The molecule has 128 valence electrons. The van der Waals surface area contributed by atoms with E-state index in [2.05, 4.69) is 0 Å². The number of nitrogens with zero attached hydrogens (tertiary/aromatic N) is 1. The third-order valence-corrected chi connectivity index (χ3v) is 5.09. The summed E-state index contributed by atoms with van der Waals surface area (Å²) < 4.78 is 5.93. The van der Waals surface area contributed by atoms with Crippen LogP contribution in [0.1, 0.15) is 50.0 Å². The molecule has 1 aromatic rings. The van der Waals surface area contributed by atoms with Crippen LogP contribution in [0, 0.1) is 10.1 Å². The van der Waals surface area contributed by atoms with Crippen molar-refractivity contribution in [2.75, 3.05) is 0 Å². The number of benzene rings is 1. The van der Waals surface area contributed by atoms with E-state index in [-0.39, 0.29) is 17.3 Å². The molecule has 0 N–H and O–H groups in total. The number of carbonyl (C=O) groups is 2. The Hall–Kier alpha value is -2.76. The lowest BCUT2D eigenvalue weighted by atomic mass is 9.73. The van der Waals surface area contributed by atoms with Crippen LogP contribution >= 0.6 is 0 Å². The molecule has 1 aliphatic heterocycles. The Labute approximate surface area is 144 Å². The molecule has 0 bridgehead atoms. The Morgan fingerprint density at radius 1 is 0.920 bits per heavy atom. The summed E-state index contributed by atoms with van der Waals surface area (Å²) in [6.45, 7) is 0. The molecular weight excluding hydrogens is 322 g/mol. The first-order chi connectivity index (χ1) is 12.1. The smallest absolute Gasteiger partial charge is 0.273 e. The van der Waals surface area contributed by atoms with Crippen LogP contribution in [-0.4, -0.2) is 16.5 Å². The minimum absolute atomic E-state index is 0.0650. The van der Waals surface area contributed by atoms with E-state index in [4.69, 9.17) is 4.74 Å². The molecular formula is C19H17NO5. The van der Waals surface area contributed by atoms with Crippen LogP contribution in [0.4, 0.5) is 5.69 Å². The molecule has 0 unspecified atom stereocenters. The van der Waals surface area contributed by atoms with Crippen molar-refractivity contribution in [2.24, 2.45) is 0 Å². The van der Waals surface area contributed by atoms with Crippen LogP contribution in [0.25, 0.3) is 0 Å². The third kappa shape index (κ3) is 2.49. The molecule has 1 aromatic carbocycles. The zero-order chi connectivity index (χ0) is 17.6. The fourth-order valence-corrected chi connectivity index (χ4v) is 4.03. The number of nitro groups is 1. The number of ketones is 2. The normalized spacial score (nSPS) is 21.0. The molecule has 6 heteroatoms. The lowest BCUT2D eigenvalue weighted by Gasteiger charge is -2.35. The molecule has 0 amide bonds. The van der Waals surface area contributed by atoms with E-state index < -0.39 is 10.8 Å². The highest BCUT2D eigenvalue weighted by molar-refractivity contribution is 6.06. The van der Waals surface area contributed by atoms with Crippen molar-refractivity contribution in [3.8, 4) is 0 Å². The fraction of sp³-hybridized carbons (Fsp3) is 0.368. The van der Waals surface area contributed by atoms with E-state index in [1.807, 2.05) is 0 Å². The van der Waals surface area contributed by atoms with Crippen molar-refractivity contribution < 1.29 is 19.2 Å². The zero-order valence-electron chi connectivity index (χ0n) is 13.6. The van der Waals surface area contributed by atoms with Gasteiger partial charge in [-0.1, -0.05) is 18.2 Å². The quantitative estimate of drug-likeness (QED) is 0.605. The summed E-state index contributed by atoms with van der Waals surface area (Å²) in [5.41, 5.74) is 1.22. The Morgan fingerprint density at radius 2 is 1.48 bits per heavy atom. The van der Waals surface area contributed by atoms with Gasteiger partial charge < -0.3 is 4.74 Å². The average Bonchev–Trinajstić information content (AvgIpc) is 2.60. The summed E-state index contributed by atoms with van der Waals surface area (Å²) >= 11 is 0. The largest absolute Gasteiger partial charge is 0.465 e. The summed E-state index contributed by atoms with van der Waals surface area (Å²) in [5.74, 6) is 0.352. The van der Waals surface area contributed by atoms with Crippen LogP contribution in [0.2, 0.25) is 0 Å². The van der Waals surface area contributed by atoms with Crippen molar-refractivity contribution >= 4 is 17.3 Å². The van der Waals surface area contributed by atoms with Gasteiger partial charge in [0.05, 0.1) is 10.8 Å². The van der Waals surface area contributed by atoms with Crippen molar-refractivity contribution in [2.45, 2.75) is 44.4 Å². The summed E-state index contributed by atoms with van der Waals surface area (Å²) in [6, 6.07) is 6.37. The van der Waals surface area contributed by atoms with E-state index in [1.54, 1.807) is 18.2 Å². The number of para-hydroxylation sites is 1. The lowest BCUT2D eigenvalue weighted by molar-refractivity contribution is -0.385. The first-order valence-corrected chi connectivity index (χ1v) is 8.51. The monoisotopic (exact) mass is 339 g/mol. The number of nitro benzene ring substituents is 1. The standard InChI is InChI=1S/C19H17NO5/c21-13-7-3-9-15-18(13)17(11-5-1-2-6-12(11)20(23)24)19-14(22)8-4-10-16(19)25-15/h1-2,5-6,17H,3-4,7-10H2. The van der Waals surface area contributed by atoms with Crippen LogP contribution < -0.4 is 0 Å². The van der Waals surface area contributed by atoms with E-state index >= 15 is 0 Å². The van der Waals surface area contributed by atoms with Gasteiger partial charge in [-0.3, -0.25) is 19.7 Å². The molecule has 0 saturated carbocycles. The minimum atomic E-state index is -0.680. The van der Waals surface area contributed by atoms with Gasteiger partial charge >= 0.3 is 0 Å². The summed E-state index contributed by atoms with van der Waals surface area (Å²) in [7, 11) is 0. The van der Waals surface area contributed by atoms with Gasteiger partial charge in [0.1, 0.15) is 11.5 Å². The molecule has 0 atom stereocenters. The van der Waals surface area contributed by atoms with Gasteiger partial charge in [0.2, 0.25) is 0 Å². The highest BCUT2D eigenvalue weighted by Gasteiger charge is 2.43. The van der Waals surface area contributed by atoms with E-state index in [1.165, 1.54) is 6.07 Å². The lowest BCUT2D eigenvalue weighted by Crippen LogP contribution is -2.30. The molecule has 0 aromatic heterocycles. The first kappa shape index (κ1) is 15.7. The van der Waals surface area contributed by atoms with Crippen molar-refractivity contribution in [3.63, 3.8) is 0 Å². The van der Waals surface area contributed by atoms with Crippen molar-refractivity contribution in [3.05, 3.63) is 62.6 Å². The molecule has 0 fully saturated rings. The number of Topliss-reactive ketones (excluding diaryl/α,β-unsaturated/α-hetero) is 2.